The zero-order chi connectivity index (χ0) is 20.6. The molecular formula is C20H21F3N4OS. The summed E-state index contributed by atoms with van der Waals surface area (Å²) in [7, 11) is 0. The van der Waals surface area contributed by atoms with Crippen LogP contribution < -0.4 is 4.90 Å². The van der Waals surface area contributed by atoms with Crippen LogP contribution in [0.15, 0.2) is 29.6 Å². The SMILES string of the molecule is Cc1cnc(CSc2nc3ccc(C(F)(F)F)cc3[nH]2)c(C)c1N1CCOCC1. The van der Waals surface area contributed by atoms with Crippen molar-refractivity contribution in [2.45, 2.75) is 30.9 Å². The largest absolute Gasteiger partial charge is 0.416 e. The molecule has 154 valence electrons. The van der Waals surface area contributed by atoms with Crippen LogP contribution in [0.4, 0.5) is 18.9 Å². The number of nitrogens with one attached hydrogen (secondary N) is 1. The van der Waals surface area contributed by atoms with Crippen molar-refractivity contribution in [1.82, 2.24) is 15.0 Å². The smallest absolute Gasteiger partial charge is 0.378 e. The van der Waals surface area contributed by atoms with Gasteiger partial charge in [-0.1, -0.05) is 11.8 Å². The standard InChI is InChI=1S/C20H21F3N4OS/c1-12-10-24-17(13(2)18(12)27-5-7-28-8-6-27)11-29-19-25-15-4-3-14(20(21,22)23)9-16(15)26-19/h3-4,9-10H,5-8,11H2,1-2H3,(H,25,26). The van der Waals surface area contributed by atoms with E-state index in [0.29, 0.717) is 35.2 Å². The van der Waals surface area contributed by atoms with E-state index in [1.54, 1.807) is 0 Å². The summed E-state index contributed by atoms with van der Waals surface area (Å²) in [5.41, 5.74) is 4.60. The van der Waals surface area contributed by atoms with Crippen molar-refractivity contribution >= 4 is 28.5 Å². The fourth-order valence-corrected chi connectivity index (χ4v) is 4.46. The van der Waals surface area contributed by atoms with E-state index in [1.165, 1.54) is 23.5 Å². The third kappa shape index (κ3) is 4.20. The second-order valence-electron chi connectivity index (χ2n) is 7.02. The predicted octanol–water partition coefficient (Wildman–Crippen LogP) is 4.72. The number of H-pyrrole nitrogens is 1. The van der Waals surface area contributed by atoms with Crippen LogP contribution in [0.25, 0.3) is 11.0 Å². The number of hydrogen-bond acceptors (Lipinski definition) is 5. The zero-order valence-corrected chi connectivity index (χ0v) is 17.0. The van der Waals surface area contributed by atoms with Crippen LogP contribution in [0, 0.1) is 13.8 Å². The number of morpholine rings is 1. The van der Waals surface area contributed by atoms with Crippen LogP contribution in [-0.2, 0) is 16.7 Å². The number of nitrogens with zero attached hydrogens (tertiary/aromatic N) is 3. The summed E-state index contributed by atoms with van der Waals surface area (Å²) in [6.07, 6.45) is -2.49. The lowest BCUT2D eigenvalue weighted by Gasteiger charge is -2.32. The minimum Gasteiger partial charge on any atom is -0.378 e. The maximum atomic E-state index is 12.9. The highest BCUT2D eigenvalue weighted by Crippen LogP contribution is 2.33. The molecule has 29 heavy (non-hydrogen) atoms. The second kappa shape index (κ2) is 7.87. The molecule has 1 aliphatic rings. The van der Waals surface area contributed by atoms with Crippen LogP contribution in [0.1, 0.15) is 22.4 Å². The van der Waals surface area contributed by atoms with Gasteiger partial charge in [0.05, 0.1) is 35.5 Å². The second-order valence-corrected chi connectivity index (χ2v) is 7.99. The number of pyridine rings is 1. The summed E-state index contributed by atoms with van der Waals surface area (Å²) in [6.45, 7) is 7.25. The Kier molecular flexibility index (Phi) is 5.44. The van der Waals surface area contributed by atoms with Gasteiger partial charge in [-0.25, -0.2) is 4.98 Å². The number of hydrogen-bond donors (Lipinski definition) is 1. The lowest BCUT2D eigenvalue weighted by molar-refractivity contribution is -0.137. The lowest BCUT2D eigenvalue weighted by Crippen LogP contribution is -2.37. The van der Waals surface area contributed by atoms with Gasteiger partial charge in [0.15, 0.2) is 5.16 Å². The van der Waals surface area contributed by atoms with Crippen molar-refractivity contribution in [3.63, 3.8) is 0 Å². The third-order valence-electron chi connectivity index (χ3n) is 5.04. The number of rotatable bonds is 4. The number of fused-ring (bicyclic) bond motifs is 1. The Labute approximate surface area is 170 Å². The number of anilines is 1. The number of imidazole rings is 1. The van der Waals surface area contributed by atoms with E-state index in [0.717, 1.165) is 42.0 Å². The molecule has 4 rings (SSSR count). The number of aromatic amines is 1. The molecule has 0 unspecified atom stereocenters. The molecule has 0 radical (unpaired) electrons. The van der Waals surface area contributed by atoms with E-state index >= 15 is 0 Å². The third-order valence-corrected chi connectivity index (χ3v) is 5.92. The average molecular weight is 422 g/mol. The highest BCUT2D eigenvalue weighted by molar-refractivity contribution is 7.98. The molecule has 9 heteroatoms. The molecule has 0 atom stereocenters. The molecule has 1 aromatic carbocycles. The molecular weight excluding hydrogens is 401 g/mol. The summed E-state index contributed by atoms with van der Waals surface area (Å²) in [5.74, 6) is 0.579. The maximum Gasteiger partial charge on any atom is 0.416 e. The summed E-state index contributed by atoms with van der Waals surface area (Å²) in [6, 6.07) is 3.54. The molecule has 2 aromatic heterocycles. The monoisotopic (exact) mass is 422 g/mol. The van der Waals surface area contributed by atoms with E-state index in [4.69, 9.17) is 4.74 Å². The highest BCUT2D eigenvalue weighted by Gasteiger charge is 2.30. The van der Waals surface area contributed by atoms with Crippen molar-refractivity contribution in [2.75, 3.05) is 31.2 Å². The van der Waals surface area contributed by atoms with Crippen molar-refractivity contribution in [3.8, 4) is 0 Å². The Bertz CT molecular complexity index is 1030. The van der Waals surface area contributed by atoms with Gasteiger partial charge in [-0.05, 0) is 43.2 Å². The Morgan fingerprint density at radius 3 is 2.69 bits per heavy atom. The molecule has 1 aliphatic heterocycles. The van der Waals surface area contributed by atoms with Gasteiger partial charge < -0.3 is 14.6 Å². The van der Waals surface area contributed by atoms with Gasteiger partial charge in [-0.15, -0.1) is 0 Å². The van der Waals surface area contributed by atoms with E-state index < -0.39 is 11.7 Å². The quantitative estimate of drug-likeness (QED) is 0.617. The summed E-state index contributed by atoms with van der Waals surface area (Å²) < 4.78 is 44.2. The van der Waals surface area contributed by atoms with E-state index in [9.17, 15) is 13.2 Å². The Morgan fingerprint density at radius 2 is 1.97 bits per heavy atom. The van der Waals surface area contributed by atoms with Crippen LogP contribution in [0.3, 0.4) is 0 Å². The number of halogens is 3. The van der Waals surface area contributed by atoms with Crippen LogP contribution in [0.2, 0.25) is 0 Å². The van der Waals surface area contributed by atoms with Gasteiger partial charge >= 0.3 is 6.18 Å². The van der Waals surface area contributed by atoms with E-state index in [1.807, 2.05) is 6.20 Å². The maximum absolute atomic E-state index is 12.9. The molecule has 1 fully saturated rings. The van der Waals surface area contributed by atoms with Crippen molar-refractivity contribution in [1.29, 1.82) is 0 Å². The molecule has 0 bridgehead atoms. The summed E-state index contributed by atoms with van der Waals surface area (Å²) >= 11 is 1.43. The van der Waals surface area contributed by atoms with Gasteiger partial charge in [-0.2, -0.15) is 13.2 Å². The van der Waals surface area contributed by atoms with Crippen molar-refractivity contribution in [2.24, 2.45) is 0 Å². The topological polar surface area (TPSA) is 54.0 Å². The predicted molar refractivity (Wildman–Crippen MR) is 107 cm³/mol. The van der Waals surface area contributed by atoms with Gasteiger partial charge in [0.1, 0.15) is 0 Å². The van der Waals surface area contributed by atoms with Crippen molar-refractivity contribution in [3.05, 3.63) is 46.8 Å². The number of thioether (sulfide) groups is 1. The first-order valence-electron chi connectivity index (χ1n) is 9.30. The minimum atomic E-state index is -4.37. The van der Waals surface area contributed by atoms with E-state index in [2.05, 4.69) is 33.7 Å². The average Bonchev–Trinajstić information content (AvgIpc) is 3.10. The normalized spacial score (nSPS) is 15.3. The molecule has 5 nitrogen and oxygen atoms in total. The van der Waals surface area contributed by atoms with Crippen LogP contribution in [-0.4, -0.2) is 41.3 Å². The Morgan fingerprint density at radius 1 is 1.21 bits per heavy atom. The number of aryl methyl sites for hydroxylation is 1. The molecule has 0 aliphatic carbocycles. The molecule has 3 heterocycles. The number of ether oxygens (including phenoxy) is 1. The lowest BCUT2D eigenvalue weighted by atomic mass is 10.1. The molecule has 3 aromatic rings. The number of benzene rings is 1. The molecule has 1 N–H and O–H groups in total. The first-order chi connectivity index (χ1) is 13.8. The number of alkyl halides is 3. The van der Waals surface area contributed by atoms with E-state index in [-0.39, 0.29) is 0 Å². The molecule has 0 saturated carbocycles. The van der Waals surface area contributed by atoms with Gasteiger partial charge in [0.2, 0.25) is 0 Å². The summed E-state index contributed by atoms with van der Waals surface area (Å²) in [5, 5.41) is 0.578. The van der Waals surface area contributed by atoms with Crippen molar-refractivity contribution < 1.29 is 17.9 Å². The van der Waals surface area contributed by atoms with Gasteiger partial charge in [0, 0.05) is 30.7 Å². The molecule has 1 saturated heterocycles. The Hall–Kier alpha value is -2.26. The first-order valence-corrected chi connectivity index (χ1v) is 10.3. The van der Waals surface area contributed by atoms with Crippen LogP contribution in [0.5, 0.6) is 0 Å². The fraction of sp³-hybridized carbons (Fsp3) is 0.400. The number of aromatic nitrogens is 3. The van der Waals surface area contributed by atoms with Gasteiger partial charge in [0.25, 0.3) is 0 Å². The first kappa shape index (κ1) is 20.0. The Balaban J connectivity index is 1.54. The fourth-order valence-electron chi connectivity index (χ4n) is 3.55. The minimum absolute atomic E-state index is 0.380. The molecule has 0 amide bonds. The highest BCUT2D eigenvalue weighted by atomic mass is 32.2. The van der Waals surface area contributed by atoms with Gasteiger partial charge in [-0.3, -0.25) is 4.98 Å². The zero-order valence-electron chi connectivity index (χ0n) is 16.1. The summed E-state index contributed by atoms with van der Waals surface area (Å²) in [4.78, 5) is 14.3. The van der Waals surface area contributed by atoms with Crippen LogP contribution >= 0.6 is 11.8 Å². The molecule has 0 spiro atoms.